The number of aromatic nitrogens is 2. The van der Waals surface area contributed by atoms with Gasteiger partial charge < -0.3 is 40.2 Å². The van der Waals surface area contributed by atoms with Gasteiger partial charge in [0.05, 0.1) is 25.1 Å². The van der Waals surface area contributed by atoms with Crippen LogP contribution in [-0.4, -0.2) is 88.3 Å². The fourth-order valence-electron chi connectivity index (χ4n) is 7.69. The molecule has 58 heavy (non-hydrogen) atoms. The number of carboxylic acids is 1. The van der Waals surface area contributed by atoms with Crippen LogP contribution in [0.2, 0.25) is 0 Å². The molecule has 2 saturated carbocycles. The number of alkyl carbamates (subject to hydrolysis) is 1. The van der Waals surface area contributed by atoms with Gasteiger partial charge >= 0.3 is 12.1 Å². The minimum atomic E-state index is -1.54. The summed E-state index contributed by atoms with van der Waals surface area (Å²) in [7, 11) is 3.44. The number of carboxylic acid groups (broad SMARTS) is 1. The van der Waals surface area contributed by atoms with Gasteiger partial charge in [0.1, 0.15) is 58.5 Å². The molecule has 3 aliphatic rings. The number of pyridine rings is 1. The van der Waals surface area contributed by atoms with E-state index in [4.69, 9.17) is 19.2 Å². The number of benzene rings is 1. The molecule has 2 aliphatic carbocycles. The number of carbonyl (C=O) groups excluding carboxylic acids is 4. The highest BCUT2D eigenvalue weighted by atomic mass is 79.9. The average Bonchev–Trinajstić information content (AvgIpc) is 3.57. The van der Waals surface area contributed by atoms with Crippen molar-refractivity contribution in [3.8, 4) is 22.9 Å². The van der Waals surface area contributed by atoms with Crippen LogP contribution in [0.25, 0.3) is 22.3 Å². The van der Waals surface area contributed by atoms with Crippen molar-refractivity contribution < 1.29 is 47.9 Å². The highest BCUT2D eigenvalue weighted by Gasteiger charge is 2.61. The lowest BCUT2D eigenvalue weighted by Gasteiger charge is -2.35. The molecule has 1 saturated heterocycles. The third-order valence-electron chi connectivity index (χ3n) is 11.2. The van der Waals surface area contributed by atoms with Crippen molar-refractivity contribution >= 4 is 73.1 Å². The Morgan fingerprint density at radius 3 is 2.45 bits per heavy atom. The summed E-state index contributed by atoms with van der Waals surface area (Å²) in [5, 5.41) is 21.4. The van der Waals surface area contributed by atoms with E-state index in [9.17, 15) is 29.1 Å². The quantitative estimate of drug-likeness (QED) is 0.122. The van der Waals surface area contributed by atoms with Crippen molar-refractivity contribution in [2.75, 3.05) is 19.0 Å². The summed E-state index contributed by atoms with van der Waals surface area (Å²) in [6, 6.07) is 3.24. The number of likely N-dealkylation sites (tertiary alicyclic amines) is 1. The molecule has 2 aromatic heterocycles. The minimum absolute atomic E-state index is 0.0205. The molecule has 0 bridgehead atoms. The molecule has 3 fully saturated rings. The van der Waals surface area contributed by atoms with Crippen LogP contribution in [-0.2, 0) is 31.0 Å². The van der Waals surface area contributed by atoms with Gasteiger partial charge in [0, 0.05) is 23.6 Å². The lowest BCUT2D eigenvalue weighted by atomic mass is 9.85. The molecule has 312 valence electrons. The summed E-state index contributed by atoms with van der Waals surface area (Å²) in [6.45, 7) is 12.7. The van der Waals surface area contributed by atoms with E-state index in [0.717, 1.165) is 25.7 Å². The summed E-state index contributed by atoms with van der Waals surface area (Å²) >= 11 is 5.00. The van der Waals surface area contributed by atoms with Gasteiger partial charge in [-0.25, -0.2) is 14.6 Å². The predicted molar refractivity (Wildman–Crippen MR) is 220 cm³/mol. The Kier molecular flexibility index (Phi) is 12.4. The monoisotopic (exact) mass is 883 g/mol. The molecule has 5 atom stereocenters. The van der Waals surface area contributed by atoms with Crippen LogP contribution >= 0.6 is 27.3 Å². The zero-order valence-electron chi connectivity index (χ0n) is 33.8. The summed E-state index contributed by atoms with van der Waals surface area (Å²) in [6.07, 6.45) is 3.42. The Balaban J connectivity index is 1.37. The van der Waals surface area contributed by atoms with Gasteiger partial charge in [-0.3, -0.25) is 14.4 Å². The lowest BCUT2D eigenvalue weighted by molar-refractivity contribution is -0.634. The predicted octanol–water partition coefficient (Wildman–Crippen LogP) is 5.73. The maximum Gasteiger partial charge on any atom is 0.408 e. The number of aryl methyl sites for hydroxylation is 1. The van der Waals surface area contributed by atoms with Gasteiger partial charge in [0.15, 0.2) is 5.13 Å². The first-order chi connectivity index (χ1) is 27.4. The Bertz CT molecular complexity index is 2130. The highest BCUT2D eigenvalue weighted by Crippen LogP contribution is 2.45. The summed E-state index contributed by atoms with van der Waals surface area (Å²) < 4.78 is 20.7. The van der Waals surface area contributed by atoms with Crippen LogP contribution < -0.4 is 30.0 Å². The molecule has 4 amide bonds. The standard InChI is InChI=1S/C41H51BrN6O9S/c1-9-22-18-41(22,37(52)53)46-35(50)28-16-24(19-48(28)36(51)33(40(4,5)6)44-39(54)57-23-12-10-11-13-23)56-30-17-27(26-20-58-38(43-26)45-34(49)21(2)3)47(7)32-25(30)14-15-29(55-8)31(32)42/h9,14-15,17,20-24,28,33H,1,10-13,16,18-19H2,2-8H3,(H3-,43,44,45,46,49,50,52,53,54)/p+1. The number of thiazole rings is 1. The minimum Gasteiger partial charge on any atom is -0.495 e. The number of halogens is 1. The van der Waals surface area contributed by atoms with Gasteiger partial charge in [-0.1, -0.05) is 40.7 Å². The van der Waals surface area contributed by atoms with Crippen molar-refractivity contribution in [3.63, 3.8) is 0 Å². The maximum atomic E-state index is 14.7. The van der Waals surface area contributed by atoms with E-state index in [1.54, 1.807) is 27.0 Å². The molecule has 5 unspecified atom stereocenters. The number of carbonyl (C=O) groups is 5. The van der Waals surface area contributed by atoms with Crippen LogP contribution in [0.5, 0.6) is 11.5 Å². The first kappa shape index (κ1) is 42.8. The number of nitrogens with one attached hydrogen (secondary N) is 3. The van der Waals surface area contributed by atoms with E-state index in [-0.39, 0.29) is 37.3 Å². The third-order valence-corrected chi connectivity index (χ3v) is 12.7. The molecule has 6 rings (SSSR count). The van der Waals surface area contributed by atoms with Gasteiger partial charge in [0.2, 0.25) is 28.9 Å². The number of nitrogens with zero attached hydrogens (tertiary/aromatic N) is 3. The van der Waals surface area contributed by atoms with E-state index >= 15 is 0 Å². The zero-order valence-corrected chi connectivity index (χ0v) is 36.3. The fraction of sp³-hybridized carbons (Fsp3) is 0.537. The molecule has 3 heterocycles. The number of aliphatic carboxylic acids is 1. The number of methoxy groups -OCH3 is 1. The molecule has 17 heteroatoms. The van der Waals surface area contributed by atoms with Crippen LogP contribution in [0.4, 0.5) is 9.93 Å². The maximum absolute atomic E-state index is 14.7. The average molecular weight is 885 g/mol. The van der Waals surface area contributed by atoms with E-state index < -0.39 is 58.9 Å². The van der Waals surface area contributed by atoms with Gasteiger partial charge in [-0.2, -0.15) is 4.57 Å². The number of fused-ring (bicyclic) bond motifs is 1. The molecule has 15 nitrogen and oxygen atoms in total. The first-order valence-corrected chi connectivity index (χ1v) is 21.1. The van der Waals surface area contributed by atoms with Crippen LogP contribution in [0.1, 0.15) is 73.1 Å². The summed E-state index contributed by atoms with van der Waals surface area (Å²) in [5.74, 6) is -2.25. The van der Waals surface area contributed by atoms with E-state index in [1.807, 2.05) is 49.9 Å². The normalized spacial score (nSPS) is 22.4. The Labute approximate surface area is 350 Å². The smallest absolute Gasteiger partial charge is 0.408 e. The van der Waals surface area contributed by atoms with Gasteiger partial charge in [-0.15, -0.1) is 17.9 Å². The second kappa shape index (κ2) is 16.8. The van der Waals surface area contributed by atoms with Crippen LogP contribution in [0.3, 0.4) is 0 Å². The lowest BCUT2D eigenvalue weighted by Crippen LogP contribution is -2.59. The van der Waals surface area contributed by atoms with Crippen LogP contribution in [0, 0.1) is 17.3 Å². The van der Waals surface area contributed by atoms with E-state index in [0.29, 0.717) is 43.4 Å². The van der Waals surface area contributed by atoms with Gasteiger partial charge in [0.25, 0.3) is 0 Å². The zero-order chi connectivity index (χ0) is 42.3. The number of hydrogen-bond acceptors (Lipinski definition) is 10. The highest BCUT2D eigenvalue weighted by molar-refractivity contribution is 9.10. The largest absolute Gasteiger partial charge is 0.495 e. The SMILES string of the molecule is C=CC1CC1(NC(=O)C1CC(Oc2cc(-c3csc(NC(=O)C(C)C)n3)[n+](C)c3c(Br)c(OC)ccc23)CN1C(=O)C(NC(=O)OC1CCCC1)C(C)(C)C)C(=O)O. The Hall–Kier alpha value is -4.77. The van der Waals surface area contributed by atoms with E-state index in [2.05, 4.69) is 38.5 Å². The molecular weight excluding hydrogens is 832 g/mol. The Morgan fingerprint density at radius 2 is 1.84 bits per heavy atom. The second-order valence-electron chi connectivity index (χ2n) is 16.7. The third kappa shape index (κ3) is 8.65. The topological polar surface area (TPSA) is 189 Å². The molecule has 1 aliphatic heterocycles. The van der Waals surface area contributed by atoms with Crippen molar-refractivity contribution in [1.29, 1.82) is 0 Å². The van der Waals surface area contributed by atoms with Crippen molar-refractivity contribution in [2.24, 2.45) is 24.3 Å². The summed E-state index contributed by atoms with van der Waals surface area (Å²) in [5.41, 5.74) is -0.423. The first-order valence-electron chi connectivity index (χ1n) is 19.5. The molecule has 0 spiro atoms. The van der Waals surface area contributed by atoms with Crippen molar-refractivity contribution in [1.82, 2.24) is 20.5 Å². The Morgan fingerprint density at radius 1 is 1.14 bits per heavy atom. The summed E-state index contributed by atoms with van der Waals surface area (Å²) in [4.78, 5) is 73.0. The molecule has 0 radical (unpaired) electrons. The van der Waals surface area contributed by atoms with Gasteiger partial charge in [-0.05, 0) is 65.6 Å². The van der Waals surface area contributed by atoms with Crippen molar-refractivity contribution in [2.45, 2.75) is 103 Å². The second-order valence-corrected chi connectivity index (χ2v) is 18.3. The van der Waals surface area contributed by atoms with Crippen molar-refractivity contribution in [3.05, 3.63) is 40.7 Å². The fourth-order valence-corrected chi connectivity index (χ4v) is 9.17. The van der Waals surface area contributed by atoms with E-state index in [1.165, 1.54) is 22.3 Å². The number of rotatable bonds is 13. The molecule has 3 aromatic rings. The number of anilines is 1. The molecule has 1 aromatic carbocycles. The number of ether oxygens (including phenoxy) is 3. The molecule has 4 N–H and O–H groups in total. The molecular formula is C41H52BrN6O9S+. The van der Waals surface area contributed by atoms with Crippen LogP contribution in [0.15, 0.2) is 40.7 Å². The number of hydrogen-bond donors (Lipinski definition) is 4. The number of amides is 4.